The van der Waals surface area contributed by atoms with Crippen LogP contribution in [0.2, 0.25) is 5.02 Å². The maximum atomic E-state index is 6.32. The van der Waals surface area contributed by atoms with Gasteiger partial charge in [-0.2, -0.15) is 5.10 Å². The maximum Gasteiger partial charge on any atom is 0.0661 e. The first-order valence-electron chi connectivity index (χ1n) is 5.85. The molecule has 0 aliphatic rings. The van der Waals surface area contributed by atoms with E-state index in [1.807, 2.05) is 24.4 Å². The fraction of sp³-hybridized carbons (Fsp3) is 0.308. The van der Waals surface area contributed by atoms with Crippen LogP contribution >= 0.6 is 27.5 Å². The van der Waals surface area contributed by atoms with Gasteiger partial charge in [-0.15, -0.1) is 0 Å². The van der Waals surface area contributed by atoms with E-state index in [1.54, 1.807) is 10.9 Å². The van der Waals surface area contributed by atoms with Crippen LogP contribution in [0, 0.1) is 0 Å². The van der Waals surface area contributed by atoms with E-state index in [-0.39, 0.29) is 6.04 Å². The average Bonchev–Trinajstić information content (AvgIpc) is 2.76. The fourth-order valence-corrected chi connectivity index (χ4v) is 2.49. The van der Waals surface area contributed by atoms with Crippen LogP contribution in [0.4, 0.5) is 0 Å². The third-order valence-corrected chi connectivity index (χ3v) is 3.51. The van der Waals surface area contributed by atoms with Crippen LogP contribution in [0.3, 0.4) is 0 Å². The van der Waals surface area contributed by atoms with Gasteiger partial charge in [0, 0.05) is 17.3 Å². The topological polar surface area (TPSA) is 29.9 Å². The van der Waals surface area contributed by atoms with Crippen LogP contribution in [0.25, 0.3) is 5.69 Å². The van der Waals surface area contributed by atoms with Gasteiger partial charge in [-0.25, -0.2) is 4.68 Å². The van der Waals surface area contributed by atoms with E-state index in [4.69, 9.17) is 11.6 Å². The number of aromatic nitrogens is 2. The fourth-order valence-electron chi connectivity index (χ4n) is 1.87. The Kier molecular flexibility index (Phi) is 4.43. The van der Waals surface area contributed by atoms with E-state index >= 15 is 0 Å². The molecule has 0 amide bonds. The zero-order valence-corrected chi connectivity index (χ0v) is 12.7. The molecule has 0 saturated heterocycles. The van der Waals surface area contributed by atoms with Crippen molar-refractivity contribution in [2.24, 2.45) is 0 Å². The molecule has 96 valence electrons. The lowest BCUT2D eigenvalue weighted by atomic mass is 10.1. The van der Waals surface area contributed by atoms with Crippen molar-refractivity contribution in [3.8, 4) is 5.69 Å². The van der Waals surface area contributed by atoms with Crippen LogP contribution in [-0.2, 0) is 0 Å². The van der Waals surface area contributed by atoms with E-state index < -0.39 is 0 Å². The quantitative estimate of drug-likeness (QED) is 0.920. The maximum absolute atomic E-state index is 6.32. The molecule has 1 aromatic carbocycles. The summed E-state index contributed by atoms with van der Waals surface area (Å²) in [5, 5.41) is 8.34. The minimum atomic E-state index is 0.251. The van der Waals surface area contributed by atoms with Crippen molar-refractivity contribution in [1.29, 1.82) is 0 Å². The lowest BCUT2D eigenvalue weighted by Gasteiger charge is -2.15. The highest BCUT2D eigenvalue weighted by molar-refractivity contribution is 9.10. The summed E-state index contributed by atoms with van der Waals surface area (Å²) in [6.45, 7) is 5.11. The van der Waals surface area contributed by atoms with Gasteiger partial charge in [-0.3, -0.25) is 0 Å². The molecule has 1 N–H and O–H groups in total. The summed E-state index contributed by atoms with van der Waals surface area (Å²) in [7, 11) is 0. The van der Waals surface area contributed by atoms with Gasteiger partial charge in [0.25, 0.3) is 0 Å². The second kappa shape index (κ2) is 5.87. The van der Waals surface area contributed by atoms with E-state index in [0.717, 1.165) is 27.3 Å². The highest BCUT2D eigenvalue weighted by Crippen LogP contribution is 2.25. The van der Waals surface area contributed by atoms with Gasteiger partial charge >= 0.3 is 0 Å². The van der Waals surface area contributed by atoms with Crippen molar-refractivity contribution >= 4 is 27.5 Å². The molecule has 2 rings (SSSR count). The molecule has 1 atom stereocenters. The molecule has 0 bridgehead atoms. The van der Waals surface area contributed by atoms with Crippen molar-refractivity contribution in [3.05, 3.63) is 45.7 Å². The van der Waals surface area contributed by atoms with Crippen molar-refractivity contribution in [3.63, 3.8) is 0 Å². The monoisotopic (exact) mass is 327 g/mol. The number of nitrogens with zero attached hydrogens (tertiary/aromatic N) is 2. The standard InChI is InChI=1S/C13H15BrClN3/c1-3-16-9(2)12-5-4-11(6-13(12)15)18-8-10(14)7-17-18/h4-9,16H,3H2,1-2H3. The Morgan fingerprint density at radius 2 is 2.28 bits per heavy atom. The lowest BCUT2D eigenvalue weighted by Crippen LogP contribution is -2.18. The number of rotatable bonds is 4. The molecule has 0 saturated carbocycles. The van der Waals surface area contributed by atoms with Crippen LogP contribution in [-0.4, -0.2) is 16.3 Å². The average molecular weight is 329 g/mol. The summed E-state index contributed by atoms with van der Waals surface area (Å²) >= 11 is 9.70. The van der Waals surface area contributed by atoms with Gasteiger partial charge in [-0.05, 0) is 47.1 Å². The molecular formula is C13H15BrClN3. The minimum Gasteiger partial charge on any atom is -0.310 e. The second-order valence-corrected chi connectivity index (χ2v) is 5.41. The van der Waals surface area contributed by atoms with Gasteiger partial charge in [0.05, 0.1) is 16.4 Å². The summed E-state index contributed by atoms with van der Waals surface area (Å²) in [5.74, 6) is 0. The number of benzene rings is 1. The SMILES string of the molecule is CCNC(C)c1ccc(-n2cc(Br)cn2)cc1Cl. The Labute approximate surface area is 120 Å². The van der Waals surface area contributed by atoms with E-state index in [9.17, 15) is 0 Å². The molecule has 0 fully saturated rings. The van der Waals surface area contributed by atoms with Crippen LogP contribution in [0.15, 0.2) is 35.1 Å². The Bertz CT molecular complexity index is 539. The molecule has 0 aliphatic carbocycles. The molecule has 2 aromatic rings. The minimum absolute atomic E-state index is 0.251. The molecule has 0 radical (unpaired) electrons. The predicted molar refractivity (Wildman–Crippen MR) is 78.4 cm³/mol. The van der Waals surface area contributed by atoms with Gasteiger partial charge in [0.15, 0.2) is 0 Å². The van der Waals surface area contributed by atoms with Gasteiger partial charge < -0.3 is 5.32 Å². The molecule has 0 aliphatic heterocycles. The molecular weight excluding hydrogens is 314 g/mol. The summed E-state index contributed by atoms with van der Waals surface area (Å²) < 4.78 is 2.74. The van der Waals surface area contributed by atoms with Crippen LogP contribution in [0.1, 0.15) is 25.5 Å². The molecule has 1 aromatic heterocycles. The van der Waals surface area contributed by atoms with E-state index in [2.05, 4.69) is 40.2 Å². The summed E-state index contributed by atoms with van der Waals surface area (Å²) in [6, 6.07) is 6.25. The number of nitrogens with one attached hydrogen (secondary N) is 1. The zero-order valence-electron chi connectivity index (χ0n) is 10.3. The van der Waals surface area contributed by atoms with Crippen LogP contribution < -0.4 is 5.32 Å². The summed E-state index contributed by atoms with van der Waals surface area (Å²) in [4.78, 5) is 0. The Morgan fingerprint density at radius 3 is 2.83 bits per heavy atom. The Hall–Kier alpha value is -0.840. The highest BCUT2D eigenvalue weighted by Gasteiger charge is 2.10. The molecule has 3 nitrogen and oxygen atoms in total. The number of hydrogen-bond donors (Lipinski definition) is 1. The lowest BCUT2D eigenvalue weighted by molar-refractivity contribution is 0.598. The number of halogens is 2. The predicted octanol–water partition coefficient (Wildman–Crippen LogP) is 3.96. The van der Waals surface area contributed by atoms with Crippen LogP contribution in [0.5, 0.6) is 0 Å². The van der Waals surface area contributed by atoms with E-state index in [0.29, 0.717) is 0 Å². The smallest absolute Gasteiger partial charge is 0.0661 e. The molecule has 18 heavy (non-hydrogen) atoms. The highest BCUT2D eigenvalue weighted by atomic mass is 79.9. The Morgan fingerprint density at radius 1 is 1.50 bits per heavy atom. The van der Waals surface area contributed by atoms with Crippen molar-refractivity contribution in [1.82, 2.24) is 15.1 Å². The first-order valence-corrected chi connectivity index (χ1v) is 7.02. The van der Waals surface area contributed by atoms with Gasteiger partial charge in [-0.1, -0.05) is 24.6 Å². The van der Waals surface area contributed by atoms with Crippen molar-refractivity contribution < 1.29 is 0 Å². The molecule has 1 heterocycles. The summed E-state index contributed by atoms with van der Waals surface area (Å²) in [5.41, 5.74) is 2.06. The van der Waals surface area contributed by atoms with Crippen molar-refractivity contribution in [2.45, 2.75) is 19.9 Å². The first kappa shape index (κ1) is 13.6. The first-order chi connectivity index (χ1) is 8.61. The largest absolute Gasteiger partial charge is 0.310 e. The third kappa shape index (κ3) is 2.94. The molecule has 1 unspecified atom stereocenters. The zero-order chi connectivity index (χ0) is 13.1. The second-order valence-electron chi connectivity index (χ2n) is 4.09. The van der Waals surface area contributed by atoms with Gasteiger partial charge in [0.1, 0.15) is 0 Å². The molecule has 5 heteroatoms. The summed E-state index contributed by atoms with van der Waals surface area (Å²) in [6.07, 6.45) is 3.65. The normalized spacial score (nSPS) is 12.7. The van der Waals surface area contributed by atoms with Gasteiger partial charge in [0.2, 0.25) is 0 Å². The Balaban J connectivity index is 2.30. The molecule has 0 spiro atoms. The van der Waals surface area contributed by atoms with E-state index in [1.165, 1.54) is 0 Å². The number of hydrogen-bond acceptors (Lipinski definition) is 2. The van der Waals surface area contributed by atoms with Crippen molar-refractivity contribution in [2.75, 3.05) is 6.54 Å². The third-order valence-electron chi connectivity index (χ3n) is 2.78.